The van der Waals surface area contributed by atoms with Gasteiger partial charge in [0.05, 0.1) is 6.04 Å². The monoisotopic (exact) mass is 288 g/mol. The number of carbonyl (C=O) groups excluding carboxylic acids is 1. The molecule has 0 aliphatic carbocycles. The average Bonchev–Trinajstić information content (AvgIpc) is 2.77. The Morgan fingerprint density at radius 2 is 2.05 bits per heavy atom. The maximum Gasteiger partial charge on any atom is 0.241 e. The maximum absolute atomic E-state index is 12.7. The quantitative estimate of drug-likeness (QED) is 0.811. The topological polar surface area (TPSA) is 32.3 Å². The Labute approximate surface area is 128 Å². The Morgan fingerprint density at radius 3 is 2.67 bits per heavy atom. The van der Waals surface area contributed by atoms with Crippen molar-refractivity contribution in [1.82, 2.24) is 10.2 Å². The molecule has 0 bridgehead atoms. The molecular weight excluding hydrogens is 260 g/mol. The van der Waals surface area contributed by atoms with Crippen molar-refractivity contribution >= 4 is 5.91 Å². The number of amides is 1. The van der Waals surface area contributed by atoms with Gasteiger partial charge in [0.25, 0.3) is 0 Å². The number of carbonyl (C=O) groups is 1. The molecule has 0 spiro atoms. The predicted octanol–water partition coefficient (Wildman–Crippen LogP) is 3.64. The standard InChI is InChI=1S/C18H28N2O/c1-5-6-7-11-20-17(15-10-8-9-14(4)12-15)19-16(13(2)3)18(20)21/h8-10,12-13,16-17,19H,5-7,11H2,1-4H3. The van der Waals surface area contributed by atoms with E-state index in [0.717, 1.165) is 13.0 Å². The second kappa shape index (κ2) is 7.08. The summed E-state index contributed by atoms with van der Waals surface area (Å²) in [5, 5.41) is 3.54. The van der Waals surface area contributed by atoms with Crippen molar-refractivity contribution < 1.29 is 4.79 Å². The first-order chi connectivity index (χ1) is 10.0. The normalized spacial score (nSPS) is 22.3. The molecular formula is C18H28N2O. The molecule has 1 aliphatic rings. The molecule has 1 fully saturated rings. The highest BCUT2D eigenvalue weighted by Gasteiger charge is 2.40. The maximum atomic E-state index is 12.7. The molecule has 21 heavy (non-hydrogen) atoms. The van der Waals surface area contributed by atoms with Crippen molar-refractivity contribution in [1.29, 1.82) is 0 Å². The van der Waals surface area contributed by atoms with Crippen molar-refractivity contribution in [3.8, 4) is 0 Å². The minimum Gasteiger partial charge on any atom is -0.322 e. The van der Waals surface area contributed by atoms with Gasteiger partial charge in [0.15, 0.2) is 0 Å². The van der Waals surface area contributed by atoms with Crippen LogP contribution in [0, 0.1) is 12.8 Å². The highest BCUT2D eigenvalue weighted by molar-refractivity contribution is 5.84. The molecule has 2 atom stereocenters. The second-order valence-corrected chi connectivity index (χ2v) is 6.44. The van der Waals surface area contributed by atoms with Gasteiger partial charge < -0.3 is 4.90 Å². The number of aryl methyl sites for hydroxylation is 1. The predicted molar refractivity (Wildman–Crippen MR) is 86.9 cm³/mol. The second-order valence-electron chi connectivity index (χ2n) is 6.44. The first-order valence-corrected chi connectivity index (χ1v) is 8.17. The third-order valence-electron chi connectivity index (χ3n) is 4.23. The van der Waals surface area contributed by atoms with E-state index in [-0.39, 0.29) is 18.1 Å². The number of hydrogen-bond acceptors (Lipinski definition) is 2. The lowest BCUT2D eigenvalue weighted by atomic mass is 10.0. The molecule has 0 aromatic heterocycles. The summed E-state index contributed by atoms with van der Waals surface area (Å²) < 4.78 is 0. The van der Waals surface area contributed by atoms with Gasteiger partial charge in [-0.15, -0.1) is 0 Å². The fourth-order valence-corrected chi connectivity index (χ4v) is 3.00. The number of hydrogen-bond donors (Lipinski definition) is 1. The van der Waals surface area contributed by atoms with Crippen molar-refractivity contribution in [2.24, 2.45) is 5.92 Å². The molecule has 1 N–H and O–H groups in total. The number of nitrogens with one attached hydrogen (secondary N) is 1. The van der Waals surface area contributed by atoms with Crippen molar-refractivity contribution in [3.63, 3.8) is 0 Å². The van der Waals surface area contributed by atoms with Crippen LogP contribution in [0.4, 0.5) is 0 Å². The van der Waals surface area contributed by atoms with E-state index < -0.39 is 0 Å². The van der Waals surface area contributed by atoms with Gasteiger partial charge >= 0.3 is 0 Å². The van der Waals surface area contributed by atoms with E-state index in [2.05, 4.69) is 57.3 Å². The minimum atomic E-state index is -0.0582. The van der Waals surface area contributed by atoms with Crippen LogP contribution in [0.15, 0.2) is 24.3 Å². The van der Waals surface area contributed by atoms with Crippen LogP contribution in [0.2, 0.25) is 0 Å². The van der Waals surface area contributed by atoms with E-state index in [1.165, 1.54) is 24.0 Å². The number of rotatable bonds is 6. The summed E-state index contributed by atoms with van der Waals surface area (Å²) >= 11 is 0. The SMILES string of the molecule is CCCCCN1C(=O)C(C(C)C)NC1c1cccc(C)c1. The zero-order chi connectivity index (χ0) is 15.4. The number of benzene rings is 1. The molecule has 2 unspecified atom stereocenters. The van der Waals surface area contributed by atoms with Crippen LogP contribution in [0.25, 0.3) is 0 Å². The van der Waals surface area contributed by atoms with Crippen molar-refractivity contribution in [2.45, 2.75) is 59.2 Å². The highest BCUT2D eigenvalue weighted by Crippen LogP contribution is 2.28. The lowest BCUT2D eigenvalue weighted by molar-refractivity contribution is -0.130. The molecule has 1 aliphatic heterocycles. The van der Waals surface area contributed by atoms with Crippen LogP contribution < -0.4 is 5.32 Å². The average molecular weight is 288 g/mol. The van der Waals surface area contributed by atoms with Gasteiger partial charge in [-0.3, -0.25) is 10.1 Å². The number of nitrogens with zero attached hydrogens (tertiary/aromatic N) is 1. The van der Waals surface area contributed by atoms with Crippen LogP contribution >= 0.6 is 0 Å². The summed E-state index contributed by atoms with van der Waals surface area (Å²) in [7, 11) is 0. The molecule has 1 heterocycles. The molecule has 116 valence electrons. The summed E-state index contributed by atoms with van der Waals surface area (Å²) in [6.07, 6.45) is 3.47. The van der Waals surface area contributed by atoms with E-state index in [1.54, 1.807) is 0 Å². The van der Waals surface area contributed by atoms with Gasteiger partial charge in [0, 0.05) is 6.54 Å². The summed E-state index contributed by atoms with van der Waals surface area (Å²) in [6, 6.07) is 8.41. The van der Waals surface area contributed by atoms with E-state index >= 15 is 0 Å². The van der Waals surface area contributed by atoms with Gasteiger partial charge in [-0.25, -0.2) is 0 Å². The summed E-state index contributed by atoms with van der Waals surface area (Å²) in [5.41, 5.74) is 2.44. The third kappa shape index (κ3) is 3.65. The van der Waals surface area contributed by atoms with Gasteiger partial charge in [-0.2, -0.15) is 0 Å². The van der Waals surface area contributed by atoms with Crippen molar-refractivity contribution in [3.05, 3.63) is 35.4 Å². The van der Waals surface area contributed by atoms with Gasteiger partial charge in [-0.1, -0.05) is 63.4 Å². The van der Waals surface area contributed by atoms with Crippen LogP contribution in [-0.4, -0.2) is 23.4 Å². The largest absolute Gasteiger partial charge is 0.322 e. The smallest absolute Gasteiger partial charge is 0.241 e. The Morgan fingerprint density at radius 1 is 1.29 bits per heavy atom. The Bertz CT molecular complexity index is 484. The summed E-state index contributed by atoms with van der Waals surface area (Å²) in [5.74, 6) is 0.577. The van der Waals surface area contributed by atoms with Gasteiger partial charge in [0.2, 0.25) is 5.91 Å². The Balaban J connectivity index is 2.21. The lowest BCUT2D eigenvalue weighted by Gasteiger charge is -2.24. The first kappa shape index (κ1) is 16.0. The molecule has 3 heteroatoms. The van der Waals surface area contributed by atoms with Crippen molar-refractivity contribution in [2.75, 3.05) is 6.54 Å². The molecule has 1 saturated heterocycles. The van der Waals surface area contributed by atoms with Crippen LogP contribution in [0.5, 0.6) is 0 Å². The molecule has 1 aromatic carbocycles. The van der Waals surface area contributed by atoms with Crippen LogP contribution in [-0.2, 0) is 4.79 Å². The number of unbranched alkanes of at least 4 members (excludes halogenated alkanes) is 2. The zero-order valence-electron chi connectivity index (χ0n) is 13.7. The minimum absolute atomic E-state index is 0.0293. The van der Waals surface area contributed by atoms with E-state index in [4.69, 9.17) is 0 Å². The molecule has 0 saturated carbocycles. The van der Waals surface area contributed by atoms with Crippen LogP contribution in [0.3, 0.4) is 0 Å². The van der Waals surface area contributed by atoms with E-state index in [1.807, 2.05) is 4.90 Å². The third-order valence-corrected chi connectivity index (χ3v) is 4.23. The van der Waals surface area contributed by atoms with E-state index in [9.17, 15) is 4.79 Å². The van der Waals surface area contributed by atoms with Gasteiger partial charge in [-0.05, 0) is 24.8 Å². The lowest BCUT2D eigenvalue weighted by Crippen LogP contribution is -2.34. The molecule has 0 radical (unpaired) electrons. The molecule has 3 nitrogen and oxygen atoms in total. The Hall–Kier alpha value is -1.35. The van der Waals surface area contributed by atoms with E-state index in [0.29, 0.717) is 5.92 Å². The van der Waals surface area contributed by atoms with Crippen LogP contribution in [0.1, 0.15) is 57.3 Å². The fraction of sp³-hybridized carbons (Fsp3) is 0.611. The molecule has 2 rings (SSSR count). The molecule has 1 amide bonds. The molecule has 1 aromatic rings. The zero-order valence-corrected chi connectivity index (χ0v) is 13.7. The Kier molecular flexibility index (Phi) is 5.40. The highest BCUT2D eigenvalue weighted by atomic mass is 16.2. The summed E-state index contributed by atoms with van der Waals surface area (Å²) in [6.45, 7) is 9.36. The first-order valence-electron chi connectivity index (χ1n) is 8.17. The fourth-order valence-electron chi connectivity index (χ4n) is 3.00. The van der Waals surface area contributed by atoms with Gasteiger partial charge in [0.1, 0.15) is 6.17 Å². The summed E-state index contributed by atoms with van der Waals surface area (Å²) in [4.78, 5) is 14.7.